The predicted molar refractivity (Wildman–Crippen MR) is 214 cm³/mol. The maximum Gasteiger partial charge on any atom is 0.165 e. The van der Waals surface area contributed by atoms with E-state index in [2.05, 4.69) is 144 Å². The summed E-state index contributed by atoms with van der Waals surface area (Å²) in [7, 11) is 0. The fourth-order valence-electron chi connectivity index (χ4n) is 8.70. The highest BCUT2D eigenvalue weighted by Gasteiger charge is 2.29. The van der Waals surface area contributed by atoms with Crippen LogP contribution in [0.5, 0.6) is 0 Å². The van der Waals surface area contributed by atoms with Crippen LogP contribution in [0, 0.1) is 0 Å². The molecule has 52 heavy (non-hydrogen) atoms. The van der Waals surface area contributed by atoms with Crippen LogP contribution in [0.2, 0.25) is 0 Å². The minimum atomic E-state index is 0.797. The van der Waals surface area contributed by atoms with Crippen LogP contribution in [-0.2, 0) is 0 Å². The molecule has 0 spiro atoms. The van der Waals surface area contributed by atoms with Crippen LogP contribution >= 0.6 is 0 Å². The standard InChI is InChI=1S/C48H27N3O/c1-2-12-28(13-3-1)36-26-29-14-10-18-34-31-15-4-5-16-32(31)35-19-11-22-40-44(35)45(43(29)34)47(36)51(40)48-46(49-38-20-7-8-21-39(38)50-48)30-24-25-42-37(27-30)33-17-6-9-23-41(33)52-42/h1-27H. The normalized spacial score (nSPS) is 12.2. The van der Waals surface area contributed by atoms with Gasteiger partial charge in [-0.2, -0.15) is 0 Å². The maximum absolute atomic E-state index is 6.26. The fraction of sp³-hybridized carbons (Fsp3) is 0. The highest BCUT2D eigenvalue weighted by Crippen LogP contribution is 2.52. The molecule has 4 nitrogen and oxygen atoms in total. The van der Waals surface area contributed by atoms with Crippen molar-refractivity contribution in [3.05, 3.63) is 164 Å². The lowest BCUT2D eigenvalue weighted by Gasteiger charge is -2.18. The van der Waals surface area contributed by atoms with E-state index in [1.165, 1.54) is 43.8 Å². The van der Waals surface area contributed by atoms with E-state index >= 15 is 0 Å². The van der Waals surface area contributed by atoms with Crippen molar-refractivity contribution in [2.75, 3.05) is 0 Å². The van der Waals surface area contributed by atoms with Gasteiger partial charge in [0.15, 0.2) is 5.82 Å². The van der Waals surface area contributed by atoms with Crippen LogP contribution in [0.4, 0.5) is 0 Å². The van der Waals surface area contributed by atoms with E-state index in [0.717, 1.165) is 72.2 Å². The third kappa shape index (κ3) is 3.70. The highest BCUT2D eigenvalue weighted by atomic mass is 16.3. The van der Waals surface area contributed by atoms with Crippen LogP contribution in [0.1, 0.15) is 0 Å². The average Bonchev–Trinajstić information content (AvgIpc) is 3.72. The molecule has 0 atom stereocenters. The molecule has 3 heterocycles. The number of para-hydroxylation sites is 3. The number of nitrogens with zero attached hydrogens (tertiary/aromatic N) is 3. The van der Waals surface area contributed by atoms with Crippen LogP contribution in [0.3, 0.4) is 0 Å². The first-order chi connectivity index (χ1) is 25.8. The van der Waals surface area contributed by atoms with Gasteiger partial charge in [-0.15, -0.1) is 0 Å². The number of aromatic nitrogens is 3. The van der Waals surface area contributed by atoms with E-state index in [1.807, 2.05) is 24.3 Å². The molecule has 11 aromatic rings. The Morgan fingerprint density at radius 1 is 0.423 bits per heavy atom. The highest BCUT2D eigenvalue weighted by molar-refractivity contribution is 6.33. The molecule has 0 N–H and O–H groups in total. The second-order valence-electron chi connectivity index (χ2n) is 13.7. The monoisotopic (exact) mass is 661 g/mol. The molecule has 12 rings (SSSR count). The molecule has 0 fully saturated rings. The number of furan rings is 1. The summed E-state index contributed by atoms with van der Waals surface area (Å²) in [6.45, 7) is 0. The van der Waals surface area contributed by atoms with E-state index in [-0.39, 0.29) is 0 Å². The van der Waals surface area contributed by atoms with Crippen molar-refractivity contribution >= 4 is 65.6 Å². The molecule has 0 unspecified atom stereocenters. The van der Waals surface area contributed by atoms with Crippen LogP contribution in [0.25, 0.3) is 116 Å². The maximum atomic E-state index is 6.26. The Bertz CT molecular complexity index is 3300. The third-order valence-corrected chi connectivity index (χ3v) is 10.9. The van der Waals surface area contributed by atoms with Gasteiger partial charge >= 0.3 is 0 Å². The summed E-state index contributed by atoms with van der Waals surface area (Å²) in [6, 6.07) is 58.3. The zero-order valence-electron chi connectivity index (χ0n) is 27.8. The van der Waals surface area contributed by atoms with Gasteiger partial charge in [0.05, 0.1) is 22.1 Å². The van der Waals surface area contributed by atoms with E-state index in [0.29, 0.717) is 0 Å². The molecule has 0 amide bonds. The smallest absolute Gasteiger partial charge is 0.165 e. The first-order valence-corrected chi connectivity index (χ1v) is 17.7. The number of fused-ring (bicyclic) bond motifs is 7. The predicted octanol–water partition coefficient (Wildman–Crippen LogP) is 12.8. The van der Waals surface area contributed by atoms with Crippen molar-refractivity contribution in [3.63, 3.8) is 0 Å². The Balaban J connectivity index is 1.30. The van der Waals surface area contributed by atoms with Gasteiger partial charge in [0, 0.05) is 32.7 Å². The van der Waals surface area contributed by atoms with Crippen molar-refractivity contribution in [1.29, 1.82) is 0 Å². The number of rotatable bonds is 3. The van der Waals surface area contributed by atoms with Crippen molar-refractivity contribution in [2.45, 2.75) is 0 Å². The molecule has 0 radical (unpaired) electrons. The molecule has 8 aromatic carbocycles. The summed E-state index contributed by atoms with van der Waals surface area (Å²) in [5.74, 6) is 0.797. The minimum absolute atomic E-state index is 0.797. The summed E-state index contributed by atoms with van der Waals surface area (Å²) >= 11 is 0. The Hall–Kier alpha value is -7.04. The molecule has 0 saturated carbocycles. The van der Waals surface area contributed by atoms with Gasteiger partial charge in [0.25, 0.3) is 0 Å². The van der Waals surface area contributed by atoms with Crippen LogP contribution in [-0.4, -0.2) is 14.5 Å². The van der Waals surface area contributed by atoms with E-state index in [4.69, 9.17) is 14.4 Å². The molecule has 240 valence electrons. The summed E-state index contributed by atoms with van der Waals surface area (Å²) in [4.78, 5) is 11.0. The Labute approximate surface area is 297 Å². The van der Waals surface area contributed by atoms with Gasteiger partial charge in [-0.1, -0.05) is 115 Å². The first-order valence-electron chi connectivity index (χ1n) is 17.7. The first kappa shape index (κ1) is 27.7. The van der Waals surface area contributed by atoms with Crippen LogP contribution < -0.4 is 0 Å². The van der Waals surface area contributed by atoms with Crippen molar-refractivity contribution in [3.8, 4) is 50.5 Å². The van der Waals surface area contributed by atoms with Gasteiger partial charge in [0.1, 0.15) is 16.9 Å². The number of benzene rings is 8. The topological polar surface area (TPSA) is 43.9 Å². The lowest BCUT2D eigenvalue weighted by Crippen LogP contribution is -2.04. The zero-order chi connectivity index (χ0) is 33.9. The van der Waals surface area contributed by atoms with Gasteiger partial charge in [-0.3, -0.25) is 4.57 Å². The largest absolute Gasteiger partial charge is 0.456 e. The molecule has 3 aromatic heterocycles. The second kappa shape index (κ2) is 10.3. The van der Waals surface area contributed by atoms with Crippen molar-refractivity contribution < 1.29 is 4.42 Å². The number of hydrogen-bond donors (Lipinski definition) is 0. The SMILES string of the molecule is c1ccc(-c2cc3cccc4c3c3c5c(cccc5n(-c5nc6ccccc6nc5-c5ccc6oc7ccccc7c6c5)c23)-c2ccccc2-4)cc1. The Morgan fingerprint density at radius 2 is 1.10 bits per heavy atom. The fourth-order valence-corrected chi connectivity index (χ4v) is 8.70. The van der Waals surface area contributed by atoms with E-state index in [9.17, 15) is 0 Å². The minimum Gasteiger partial charge on any atom is -0.456 e. The van der Waals surface area contributed by atoms with Crippen LogP contribution in [0.15, 0.2) is 168 Å². The van der Waals surface area contributed by atoms with Gasteiger partial charge in [-0.25, -0.2) is 9.97 Å². The van der Waals surface area contributed by atoms with Gasteiger partial charge in [0.2, 0.25) is 0 Å². The zero-order valence-corrected chi connectivity index (χ0v) is 27.8. The molecule has 0 saturated heterocycles. The summed E-state index contributed by atoms with van der Waals surface area (Å²) in [5, 5.41) is 7.10. The van der Waals surface area contributed by atoms with Crippen molar-refractivity contribution in [1.82, 2.24) is 14.5 Å². The van der Waals surface area contributed by atoms with Gasteiger partial charge in [-0.05, 0) is 87.1 Å². The summed E-state index contributed by atoms with van der Waals surface area (Å²) < 4.78 is 8.65. The summed E-state index contributed by atoms with van der Waals surface area (Å²) in [5.41, 5.74) is 14.7. The molecular weight excluding hydrogens is 635 g/mol. The lowest BCUT2D eigenvalue weighted by molar-refractivity contribution is 0.669. The summed E-state index contributed by atoms with van der Waals surface area (Å²) in [6.07, 6.45) is 0. The molecular formula is C48H27N3O. The lowest BCUT2D eigenvalue weighted by atomic mass is 9.91. The molecule has 4 heteroatoms. The molecule has 1 aliphatic rings. The molecule has 1 aliphatic carbocycles. The Morgan fingerprint density at radius 3 is 1.94 bits per heavy atom. The third-order valence-electron chi connectivity index (χ3n) is 10.9. The van der Waals surface area contributed by atoms with Gasteiger partial charge < -0.3 is 4.42 Å². The van der Waals surface area contributed by atoms with E-state index < -0.39 is 0 Å². The molecule has 0 bridgehead atoms. The van der Waals surface area contributed by atoms with Crippen molar-refractivity contribution in [2.24, 2.45) is 0 Å². The van der Waals surface area contributed by atoms with E-state index in [1.54, 1.807) is 0 Å². The molecule has 0 aliphatic heterocycles. The second-order valence-corrected chi connectivity index (χ2v) is 13.7. The Kier molecular flexibility index (Phi) is 5.47. The quantitative estimate of drug-likeness (QED) is 0.189. The number of hydrogen-bond acceptors (Lipinski definition) is 3. The average molecular weight is 662 g/mol.